The van der Waals surface area contributed by atoms with Crippen molar-refractivity contribution in [2.75, 3.05) is 45.9 Å². The molecule has 7 nitrogen and oxygen atoms in total. The zero-order valence-corrected chi connectivity index (χ0v) is 14.1. The molecule has 0 aliphatic carbocycles. The highest BCUT2D eigenvalue weighted by atomic mass is 32.1. The molecule has 1 fully saturated rings. The lowest BCUT2D eigenvalue weighted by Gasteiger charge is -2.35. The molecule has 2 N–H and O–H groups in total. The average molecular weight is 353 g/mol. The van der Waals surface area contributed by atoms with Crippen molar-refractivity contribution in [1.82, 2.24) is 20.2 Å². The second-order valence-electron chi connectivity index (χ2n) is 5.61. The summed E-state index contributed by atoms with van der Waals surface area (Å²) < 4.78 is 18.8. The average Bonchev–Trinajstić information content (AvgIpc) is 2.60. The van der Waals surface area contributed by atoms with Gasteiger partial charge >= 0.3 is 0 Å². The minimum atomic E-state index is -0.561. The van der Waals surface area contributed by atoms with E-state index in [1.807, 2.05) is 4.90 Å². The molecule has 0 amide bonds. The first-order valence-electron chi connectivity index (χ1n) is 7.92. The van der Waals surface area contributed by atoms with Gasteiger partial charge in [0, 0.05) is 39.1 Å². The predicted molar refractivity (Wildman–Crippen MR) is 91.7 cm³/mol. The summed E-state index contributed by atoms with van der Waals surface area (Å²) in [5.41, 5.74) is 3.95. The third-order valence-electron chi connectivity index (χ3n) is 4.06. The van der Waals surface area contributed by atoms with E-state index >= 15 is 0 Å². The summed E-state index contributed by atoms with van der Waals surface area (Å²) in [7, 11) is 0. The van der Waals surface area contributed by atoms with Crippen LogP contribution in [0.15, 0.2) is 17.2 Å². The number of aliphatic hydroxyl groups is 1. The van der Waals surface area contributed by atoms with E-state index in [2.05, 4.69) is 20.4 Å². The highest BCUT2D eigenvalue weighted by Crippen LogP contribution is 2.23. The summed E-state index contributed by atoms with van der Waals surface area (Å²) in [5.74, 6) is -0.0266. The second kappa shape index (κ2) is 7.82. The third-order valence-corrected chi connectivity index (χ3v) is 4.41. The normalized spacial score (nSPS) is 19.8. The first kappa shape index (κ1) is 17.0. The lowest BCUT2D eigenvalue weighted by atomic mass is 10.1. The molecular weight excluding hydrogens is 333 g/mol. The zero-order valence-electron chi connectivity index (χ0n) is 13.2. The molecule has 2 aliphatic rings. The second-order valence-corrected chi connectivity index (χ2v) is 5.99. The monoisotopic (exact) mass is 353 g/mol. The van der Waals surface area contributed by atoms with Crippen LogP contribution in [0.1, 0.15) is 12.1 Å². The van der Waals surface area contributed by atoms with Gasteiger partial charge in [-0.05, 0) is 24.4 Å². The Morgan fingerprint density at radius 2 is 2.17 bits per heavy atom. The van der Waals surface area contributed by atoms with Gasteiger partial charge in [-0.2, -0.15) is 9.49 Å². The van der Waals surface area contributed by atoms with E-state index in [-0.39, 0.29) is 6.61 Å². The van der Waals surface area contributed by atoms with Crippen molar-refractivity contribution in [2.45, 2.75) is 6.42 Å². The molecule has 0 atom stereocenters. The number of pyridine rings is 1. The Morgan fingerprint density at radius 3 is 2.92 bits per heavy atom. The van der Waals surface area contributed by atoms with Crippen molar-refractivity contribution in [2.24, 2.45) is 5.10 Å². The Bertz CT molecular complexity index is 634. The van der Waals surface area contributed by atoms with Gasteiger partial charge in [0.2, 0.25) is 5.95 Å². The molecule has 0 bridgehead atoms. The van der Waals surface area contributed by atoms with Crippen LogP contribution in [0.2, 0.25) is 0 Å². The maximum Gasteiger partial charge on any atom is 0.213 e. The Morgan fingerprint density at radius 1 is 1.38 bits per heavy atom. The molecule has 0 unspecified atom stereocenters. The van der Waals surface area contributed by atoms with Crippen molar-refractivity contribution in [1.29, 1.82) is 0 Å². The molecule has 1 aromatic rings. The molecule has 0 radical (unpaired) electrons. The minimum absolute atomic E-state index is 0.168. The zero-order chi connectivity index (χ0) is 16.9. The molecule has 130 valence electrons. The van der Waals surface area contributed by atoms with Crippen LogP contribution in [-0.2, 0) is 0 Å². The van der Waals surface area contributed by atoms with Gasteiger partial charge in [0.05, 0.1) is 18.9 Å². The number of aromatic nitrogens is 1. The van der Waals surface area contributed by atoms with Gasteiger partial charge in [0.25, 0.3) is 0 Å². The third kappa shape index (κ3) is 3.97. The van der Waals surface area contributed by atoms with Crippen LogP contribution in [0.4, 0.5) is 4.39 Å². The Balaban J connectivity index is 1.61. The van der Waals surface area contributed by atoms with Crippen LogP contribution in [0.5, 0.6) is 5.75 Å². The number of hydrogen-bond donors (Lipinski definition) is 2. The van der Waals surface area contributed by atoms with Crippen LogP contribution < -0.4 is 10.2 Å². The van der Waals surface area contributed by atoms with Crippen molar-refractivity contribution in [3.05, 3.63) is 23.8 Å². The number of β-amino-alcohol motifs (C(OH)–C–C–N with tert-alkyl or cyclic N) is 1. The number of halogens is 1. The number of rotatable bonds is 3. The van der Waals surface area contributed by atoms with Gasteiger partial charge < -0.3 is 14.7 Å². The SMILES string of the molecule is OCCN1CCN(C(=S)N/N=C2/CCOc3ccc(F)nc32)CC1. The van der Waals surface area contributed by atoms with E-state index in [1.54, 1.807) is 6.07 Å². The van der Waals surface area contributed by atoms with Gasteiger partial charge in [-0.1, -0.05) is 0 Å². The molecule has 2 aliphatic heterocycles. The van der Waals surface area contributed by atoms with Crippen LogP contribution in [0, 0.1) is 5.95 Å². The van der Waals surface area contributed by atoms with Gasteiger partial charge in [-0.25, -0.2) is 4.98 Å². The quantitative estimate of drug-likeness (QED) is 0.457. The summed E-state index contributed by atoms with van der Waals surface area (Å²) in [6, 6.07) is 2.83. The first-order valence-corrected chi connectivity index (χ1v) is 8.32. The summed E-state index contributed by atoms with van der Waals surface area (Å²) >= 11 is 5.38. The lowest BCUT2D eigenvalue weighted by molar-refractivity contribution is 0.146. The number of nitrogens with one attached hydrogen (secondary N) is 1. The van der Waals surface area contributed by atoms with Crippen molar-refractivity contribution < 1.29 is 14.2 Å². The lowest BCUT2D eigenvalue weighted by Crippen LogP contribution is -2.51. The van der Waals surface area contributed by atoms with E-state index in [0.29, 0.717) is 41.8 Å². The van der Waals surface area contributed by atoms with Crippen molar-refractivity contribution in [3.63, 3.8) is 0 Å². The van der Waals surface area contributed by atoms with Crippen molar-refractivity contribution >= 4 is 23.0 Å². The fourth-order valence-corrected chi connectivity index (χ4v) is 2.96. The van der Waals surface area contributed by atoms with Crippen LogP contribution in [0.3, 0.4) is 0 Å². The fraction of sp³-hybridized carbons (Fsp3) is 0.533. The molecule has 1 aromatic heterocycles. The highest BCUT2D eigenvalue weighted by molar-refractivity contribution is 7.80. The number of fused-ring (bicyclic) bond motifs is 1. The number of thiocarbonyl (C=S) groups is 1. The summed E-state index contributed by atoms with van der Waals surface area (Å²) in [4.78, 5) is 8.09. The molecule has 0 saturated carbocycles. The van der Waals surface area contributed by atoms with E-state index in [9.17, 15) is 4.39 Å². The standard InChI is InChI=1S/C15H20FN5O2S/c16-13-2-1-12-14(17-13)11(3-10-23-12)18-19-15(24)21-6-4-20(5-7-21)8-9-22/h1-2,22H,3-10H2,(H,19,24)/b18-11-. The van der Waals surface area contributed by atoms with Crippen LogP contribution in [-0.4, -0.2) is 76.7 Å². The Labute approximate surface area is 145 Å². The molecule has 1 saturated heterocycles. The smallest absolute Gasteiger partial charge is 0.213 e. The number of hydrogen-bond acceptors (Lipinski definition) is 6. The maximum absolute atomic E-state index is 13.4. The number of nitrogens with zero attached hydrogens (tertiary/aromatic N) is 4. The molecule has 3 rings (SSSR count). The van der Waals surface area contributed by atoms with Crippen molar-refractivity contribution in [3.8, 4) is 5.75 Å². The summed E-state index contributed by atoms with van der Waals surface area (Å²) in [5, 5.41) is 13.8. The van der Waals surface area contributed by atoms with Gasteiger partial charge in [-0.3, -0.25) is 10.3 Å². The van der Waals surface area contributed by atoms with E-state index < -0.39 is 5.95 Å². The molecule has 24 heavy (non-hydrogen) atoms. The molecule has 3 heterocycles. The van der Waals surface area contributed by atoms with E-state index in [0.717, 1.165) is 26.2 Å². The molecule has 0 aromatic carbocycles. The highest BCUT2D eigenvalue weighted by Gasteiger charge is 2.21. The molecular formula is C15H20FN5O2S. The van der Waals surface area contributed by atoms with Gasteiger partial charge in [0.1, 0.15) is 11.4 Å². The topological polar surface area (TPSA) is 73.2 Å². The predicted octanol–water partition coefficient (Wildman–Crippen LogP) is 0.192. The number of aliphatic hydroxyl groups excluding tert-OH is 1. The molecule has 9 heteroatoms. The van der Waals surface area contributed by atoms with Crippen LogP contribution in [0.25, 0.3) is 0 Å². The Hall–Kier alpha value is -1.84. The summed E-state index contributed by atoms with van der Waals surface area (Å²) in [6.45, 7) is 4.59. The number of ether oxygens (including phenoxy) is 1. The molecule has 0 spiro atoms. The minimum Gasteiger partial charge on any atom is -0.491 e. The first-order chi connectivity index (χ1) is 11.7. The largest absolute Gasteiger partial charge is 0.491 e. The van der Waals surface area contributed by atoms with Crippen LogP contribution >= 0.6 is 12.2 Å². The Kier molecular flexibility index (Phi) is 5.54. The number of hydrazone groups is 1. The van der Waals surface area contributed by atoms with E-state index in [1.165, 1.54) is 6.07 Å². The summed E-state index contributed by atoms with van der Waals surface area (Å²) in [6.07, 6.45) is 0.545. The van der Waals surface area contributed by atoms with Gasteiger partial charge in [-0.15, -0.1) is 0 Å². The van der Waals surface area contributed by atoms with Gasteiger partial charge in [0.15, 0.2) is 5.11 Å². The van der Waals surface area contributed by atoms with E-state index in [4.69, 9.17) is 22.1 Å². The maximum atomic E-state index is 13.4. The fourth-order valence-electron chi connectivity index (χ4n) is 2.73. The number of piperazine rings is 1.